The van der Waals surface area contributed by atoms with Crippen LogP contribution in [0.1, 0.15) is 31.7 Å². The van der Waals surface area contributed by atoms with Gasteiger partial charge < -0.3 is 42.6 Å². The quantitative estimate of drug-likeness (QED) is 0.124. The summed E-state index contributed by atoms with van der Waals surface area (Å²) in [6.45, 7) is 1.35. The number of rotatable bonds is 16. The molecule has 0 aliphatic heterocycles. The number of carboxylic acids is 1. The van der Waals surface area contributed by atoms with Gasteiger partial charge in [-0.3, -0.25) is 19.2 Å². The van der Waals surface area contributed by atoms with Gasteiger partial charge in [0.25, 0.3) is 0 Å². The van der Waals surface area contributed by atoms with Crippen LogP contribution in [0, 0.1) is 0 Å². The van der Waals surface area contributed by atoms with E-state index in [-0.39, 0.29) is 25.7 Å². The Morgan fingerprint density at radius 2 is 1.59 bits per heavy atom. The number of aliphatic hydroxyl groups is 1. The zero-order valence-electron chi connectivity index (χ0n) is 21.8. The van der Waals surface area contributed by atoms with Gasteiger partial charge in [-0.25, -0.2) is 4.79 Å². The molecule has 0 aliphatic carbocycles. The number of aliphatic carboxylic acids is 1. The standard InChI is InChI=1S/C25H36N6O7S/c1-13(32)21(27)24(36)29-17(9-10-39-2)22(34)31-19(11-14-12-28-16-6-4-3-5-15(14)16)23(35)30-18(25(37)38)7-8-20(26)33/h3-6,12-13,17-19,21,28,32H,7-11,27H2,1-2H3,(H2,26,33)(H,29,36)(H,30,35)(H,31,34)(H,37,38). The van der Waals surface area contributed by atoms with Crippen LogP contribution in [0.2, 0.25) is 0 Å². The van der Waals surface area contributed by atoms with Crippen LogP contribution in [-0.2, 0) is 30.4 Å². The summed E-state index contributed by atoms with van der Waals surface area (Å²) in [4.78, 5) is 65.0. The summed E-state index contributed by atoms with van der Waals surface area (Å²) in [5.74, 6) is -3.79. The molecule has 5 unspecified atom stereocenters. The molecule has 0 fully saturated rings. The molecule has 10 N–H and O–H groups in total. The second-order valence-electron chi connectivity index (χ2n) is 9.14. The predicted molar refractivity (Wildman–Crippen MR) is 147 cm³/mol. The van der Waals surface area contributed by atoms with E-state index in [9.17, 15) is 34.2 Å². The minimum atomic E-state index is -1.41. The topological polar surface area (TPSA) is 230 Å². The van der Waals surface area contributed by atoms with Crippen LogP contribution >= 0.6 is 11.8 Å². The fourth-order valence-electron chi connectivity index (χ4n) is 3.81. The molecule has 4 amide bonds. The first kappa shape index (κ1) is 31.6. The first-order valence-corrected chi connectivity index (χ1v) is 13.7. The summed E-state index contributed by atoms with van der Waals surface area (Å²) < 4.78 is 0. The Kier molecular flexibility index (Phi) is 12.2. The van der Waals surface area contributed by atoms with Gasteiger partial charge in [-0.15, -0.1) is 0 Å². The van der Waals surface area contributed by atoms with Crippen molar-refractivity contribution in [2.24, 2.45) is 11.5 Å². The summed E-state index contributed by atoms with van der Waals surface area (Å²) in [6, 6.07) is 2.35. The molecule has 5 atom stereocenters. The van der Waals surface area contributed by atoms with E-state index in [1.165, 1.54) is 18.7 Å². The third kappa shape index (κ3) is 9.57. The van der Waals surface area contributed by atoms with Crippen molar-refractivity contribution in [2.75, 3.05) is 12.0 Å². The Hall–Kier alpha value is -3.62. The van der Waals surface area contributed by atoms with E-state index >= 15 is 0 Å². The van der Waals surface area contributed by atoms with Crippen LogP contribution in [0.4, 0.5) is 0 Å². The lowest BCUT2D eigenvalue weighted by Gasteiger charge is -2.25. The molecule has 14 heteroatoms. The molecular weight excluding hydrogens is 528 g/mol. The Labute approximate surface area is 229 Å². The number of aliphatic hydroxyl groups excluding tert-OH is 1. The number of aromatic nitrogens is 1. The second-order valence-corrected chi connectivity index (χ2v) is 10.1. The summed E-state index contributed by atoms with van der Waals surface area (Å²) >= 11 is 1.44. The SMILES string of the molecule is CSCCC(NC(=O)C(N)C(C)O)C(=O)NC(Cc1c[nH]c2ccccc12)C(=O)NC(CCC(N)=O)C(=O)O. The average molecular weight is 565 g/mol. The summed E-state index contributed by atoms with van der Waals surface area (Å²) in [5.41, 5.74) is 12.3. The van der Waals surface area contributed by atoms with Gasteiger partial charge in [0.1, 0.15) is 24.2 Å². The minimum absolute atomic E-state index is 0.000126. The molecule has 0 aliphatic rings. The number of nitrogens with one attached hydrogen (secondary N) is 4. The fraction of sp³-hybridized carbons (Fsp3) is 0.480. The Bertz CT molecular complexity index is 1170. The van der Waals surface area contributed by atoms with E-state index < -0.39 is 59.9 Å². The maximum absolute atomic E-state index is 13.3. The highest BCUT2D eigenvalue weighted by Gasteiger charge is 2.31. The molecule has 214 valence electrons. The number of carbonyl (C=O) groups excluding carboxylic acids is 4. The van der Waals surface area contributed by atoms with Crippen molar-refractivity contribution in [3.8, 4) is 0 Å². The smallest absolute Gasteiger partial charge is 0.326 e. The monoisotopic (exact) mass is 564 g/mol. The van der Waals surface area contributed by atoms with Crippen LogP contribution in [-0.4, -0.2) is 87.1 Å². The largest absolute Gasteiger partial charge is 0.480 e. The highest BCUT2D eigenvalue weighted by atomic mass is 32.2. The van der Waals surface area contributed by atoms with Gasteiger partial charge >= 0.3 is 5.97 Å². The minimum Gasteiger partial charge on any atom is -0.480 e. The van der Waals surface area contributed by atoms with Crippen LogP contribution in [0.5, 0.6) is 0 Å². The van der Waals surface area contributed by atoms with E-state index in [1.807, 2.05) is 30.5 Å². The van der Waals surface area contributed by atoms with Gasteiger partial charge in [0, 0.05) is 29.9 Å². The number of fused-ring (bicyclic) bond motifs is 1. The number of para-hydroxylation sites is 1. The molecule has 0 saturated heterocycles. The van der Waals surface area contributed by atoms with E-state index in [2.05, 4.69) is 20.9 Å². The highest BCUT2D eigenvalue weighted by molar-refractivity contribution is 7.98. The first-order chi connectivity index (χ1) is 18.4. The van der Waals surface area contributed by atoms with Crippen molar-refractivity contribution in [3.63, 3.8) is 0 Å². The van der Waals surface area contributed by atoms with Gasteiger partial charge in [-0.05, 0) is 43.4 Å². The number of benzene rings is 1. The number of carboxylic acid groups (broad SMARTS) is 1. The molecule has 13 nitrogen and oxygen atoms in total. The molecule has 1 heterocycles. The van der Waals surface area contributed by atoms with Crippen molar-refractivity contribution in [2.45, 2.75) is 62.9 Å². The zero-order valence-corrected chi connectivity index (χ0v) is 22.6. The van der Waals surface area contributed by atoms with Crippen LogP contribution in [0.15, 0.2) is 30.5 Å². The van der Waals surface area contributed by atoms with Crippen LogP contribution in [0.3, 0.4) is 0 Å². The van der Waals surface area contributed by atoms with E-state index in [4.69, 9.17) is 11.5 Å². The number of amides is 4. The highest BCUT2D eigenvalue weighted by Crippen LogP contribution is 2.19. The van der Waals surface area contributed by atoms with Crippen molar-refractivity contribution >= 4 is 52.3 Å². The number of hydrogen-bond donors (Lipinski definition) is 8. The number of carbonyl (C=O) groups is 5. The third-order valence-electron chi connectivity index (χ3n) is 6.09. The number of nitrogens with two attached hydrogens (primary N) is 2. The Morgan fingerprint density at radius 1 is 0.974 bits per heavy atom. The van der Waals surface area contributed by atoms with Crippen LogP contribution < -0.4 is 27.4 Å². The number of primary amides is 1. The third-order valence-corrected chi connectivity index (χ3v) is 6.74. The number of hydrogen-bond acceptors (Lipinski definition) is 8. The summed E-state index contributed by atoms with van der Waals surface area (Å²) in [7, 11) is 0. The molecule has 1 aromatic carbocycles. The zero-order chi connectivity index (χ0) is 29.1. The summed E-state index contributed by atoms with van der Waals surface area (Å²) in [5, 5.41) is 27.5. The van der Waals surface area contributed by atoms with Crippen molar-refractivity contribution < 1.29 is 34.2 Å². The molecule has 1 aromatic heterocycles. The molecule has 2 aromatic rings. The molecule has 39 heavy (non-hydrogen) atoms. The second kappa shape index (κ2) is 15.1. The van der Waals surface area contributed by atoms with E-state index in [0.717, 1.165) is 10.9 Å². The van der Waals surface area contributed by atoms with E-state index in [1.54, 1.807) is 6.20 Å². The normalized spacial score (nSPS) is 15.0. The lowest BCUT2D eigenvalue weighted by atomic mass is 10.0. The lowest BCUT2D eigenvalue weighted by Crippen LogP contribution is -2.58. The van der Waals surface area contributed by atoms with Crippen molar-refractivity contribution in [3.05, 3.63) is 36.0 Å². The lowest BCUT2D eigenvalue weighted by molar-refractivity contribution is -0.142. The number of aromatic amines is 1. The Balaban J connectivity index is 2.32. The van der Waals surface area contributed by atoms with Crippen molar-refractivity contribution in [1.82, 2.24) is 20.9 Å². The molecule has 0 radical (unpaired) electrons. The maximum Gasteiger partial charge on any atom is 0.326 e. The fourth-order valence-corrected chi connectivity index (χ4v) is 4.28. The Morgan fingerprint density at radius 3 is 2.21 bits per heavy atom. The molecule has 0 saturated carbocycles. The van der Waals surface area contributed by atoms with Gasteiger partial charge in [0.05, 0.1) is 6.10 Å². The predicted octanol–water partition coefficient (Wildman–Crippen LogP) is -1.02. The molecule has 0 spiro atoms. The van der Waals surface area contributed by atoms with Crippen molar-refractivity contribution in [1.29, 1.82) is 0 Å². The molecule has 2 rings (SSSR count). The van der Waals surface area contributed by atoms with Crippen LogP contribution in [0.25, 0.3) is 10.9 Å². The average Bonchev–Trinajstić information content (AvgIpc) is 3.30. The van der Waals surface area contributed by atoms with Gasteiger partial charge in [0.2, 0.25) is 23.6 Å². The summed E-state index contributed by atoms with van der Waals surface area (Å²) in [6.07, 6.45) is 2.08. The first-order valence-electron chi connectivity index (χ1n) is 12.3. The maximum atomic E-state index is 13.3. The van der Waals surface area contributed by atoms with Gasteiger partial charge in [-0.1, -0.05) is 18.2 Å². The number of thioether (sulfide) groups is 1. The van der Waals surface area contributed by atoms with E-state index in [0.29, 0.717) is 11.3 Å². The molecule has 0 bridgehead atoms. The van der Waals surface area contributed by atoms with Gasteiger partial charge in [0.15, 0.2) is 0 Å². The number of H-pyrrole nitrogens is 1. The van der Waals surface area contributed by atoms with Gasteiger partial charge in [-0.2, -0.15) is 11.8 Å². The molecular formula is C25H36N6O7S.